The standard InChI is InChI=1S/C14H16N2O6S/c1-2-22-12(17)4-3-7-16-11-6-5-9(23(15,20)21)8-10(11)13(18)14(16)19/h5-6,8H,2-4,7H2,1H3,(H2,15,20,21). The summed E-state index contributed by atoms with van der Waals surface area (Å²) in [6, 6.07) is 3.69. The Labute approximate surface area is 133 Å². The van der Waals surface area contributed by atoms with Gasteiger partial charge in [-0.1, -0.05) is 0 Å². The number of carbonyl (C=O) groups excluding carboxylic acids is 3. The minimum atomic E-state index is -3.96. The molecule has 2 N–H and O–H groups in total. The van der Waals surface area contributed by atoms with Crippen LogP contribution < -0.4 is 10.0 Å². The molecule has 0 fully saturated rings. The molecule has 0 atom stereocenters. The lowest BCUT2D eigenvalue weighted by atomic mass is 10.1. The van der Waals surface area contributed by atoms with Gasteiger partial charge < -0.3 is 9.64 Å². The van der Waals surface area contributed by atoms with Crippen LogP contribution >= 0.6 is 0 Å². The fourth-order valence-corrected chi connectivity index (χ4v) is 2.83. The third kappa shape index (κ3) is 3.57. The van der Waals surface area contributed by atoms with Crippen molar-refractivity contribution in [2.75, 3.05) is 18.1 Å². The summed E-state index contributed by atoms with van der Waals surface area (Å²) in [4.78, 5) is 36.3. The average Bonchev–Trinajstić information content (AvgIpc) is 2.71. The van der Waals surface area contributed by atoms with E-state index in [0.29, 0.717) is 12.1 Å². The van der Waals surface area contributed by atoms with Crippen molar-refractivity contribution in [2.45, 2.75) is 24.7 Å². The second-order valence-corrected chi connectivity index (χ2v) is 6.48. The van der Waals surface area contributed by atoms with Crippen LogP contribution in [-0.2, 0) is 24.3 Å². The van der Waals surface area contributed by atoms with Crippen LogP contribution in [0.5, 0.6) is 0 Å². The van der Waals surface area contributed by atoms with Crippen molar-refractivity contribution in [3.05, 3.63) is 23.8 Å². The van der Waals surface area contributed by atoms with Gasteiger partial charge in [0.05, 0.1) is 22.8 Å². The summed E-state index contributed by atoms with van der Waals surface area (Å²) in [7, 11) is -3.96. The van der Waals surface area contributed by atoms with Crippen LogP contribution in [0.4, 0.5) is 5.69 Å². The molecular weight excluding hydrogens is 324 g/mol. The minimum Gasteiger partial charge on any atom is -0.466 e. The van der Waals surface area contributed by atoms with Crippen molar-refractivity contribution >= 4 is 33.4 Å². The topological polar surface area (TPSA) is 124 Å². The molecule has 0 spiro atoms. The average molecular weight is 340 g/mol. The van der Waals surface area contributed by atoms with Crippen LogP contribution in [0.25, 0.3) is 0 Å². The van der Waals surface area contributed by atoms with Gasteiger partial charge in [0, 0.05) is 13.0 Å². The molecule has 0 aromatic heterocycles. The number of Topliss-reactive ketones (excluding diaryl/α,β-unsaturated/α-hetero) is 1. The number of rotatable bonds is 6. The summed E-state index contributed by atoms with van der Waals surface area (Å²) in [6.07, 6.45) is 0.449. The molecule has 0 saturated heterocycles. The van der Waals surface area contributed by atoms with Gasteiger partial charge in [0.1, 0.15) is 0 Å². The molecule has 8 nitrogen and oxygen atoms in total. The van der Waals surface area contributed by atoms with Gasteiger partial charge in [0.2, 0.25) is 10.0 Å². The molecule has 1 aromatic carbocycles. The van der Waals surface area contributed by atoms with E-state index in [9.17, 15) is 22.8 Å². The van der Waals surface area contributed by atoms with Crippen LogP contribution in [0.1, 0.15) is 30.1 Å². The Morgan fingerprint density at radius 1 is 1.30 bits per heavy atom. The molecule has 124 valence electrons. The fraction of sp³-hybridized carbons (Fsp3) is 0.357. The van der Waals surface area contributed by atoms with Crippen LogP contribution in [0.3, 0.4) is 0 Å². The van der Waals surface area contributed by atoms with Gasteiger partial charge in [0.25, 0.3) is 11.7 Å². The van der Waals surface area contributed by atoms with E-state index in [0.717, 1.165) is 6.07 Å². The molecule has 0 bridgehead atoms. The number of ether oxygens (including phenoxy) is 1. The number of hydrogen-bond donors (Lipinski definition) is 1. The molecule has 9 heteroatoms. The molecule has 1 aliphatic heterocycles. The highest BCUT2D eigenvalue weighted by Crippen LogP contribution is 2.31. The lowest BCUT2D eigenvalue weighted by Gasteiger charge is -2.16. The van der Waals surface area contributed by atoms with Crippen LogP contribution in [0.2, 0.25) is 0 Å². The number of nitrogens with two attached hydrogens (primary N) is 1. The number of esters is 1. The first-order valence-corrected chi connectivity index (χ1v) is 8.49. The quantitative estimate of drug-likeness (QED) is 0.583. The summed E-state index contributed by atoms with van der Waals surface area (Å²) in [6.45, 7) is 2.13. The number of anilines is 1. The number of sulfonamides is 1. The molecule has 23 heavy (non-hydrogen) atoms. The van der Waals surface area contributed by atoms with E-state index in [1.807, 2.05) is 0 Å². The summed E-state index contributed by atoms with van der Waals surface area (Å²) in [5, 5.41) is 5.02. The summed E-state index contributed by atoms with van der Waals surface area (Å²) < 4.78 is 27.4. The van der Waals surface area contributed by atoms with Gasteiger partial charge in [-0.2, -0.15) is 0 Å². The molecule has 2 rings (SSSR count). The third-order valence-corrected chi connectivity index (χ3v) is 4.25. The van der Waals surface area contributed by atoms with Crippen molar-refractivity contribution in [3.8, 4) is 0 Å². The monoisotopic (exact) mass is 340 g/mol. The van der Waals surface area contributed by atoms with Crippen LogP contribution in [0, 0.1) is 0 Å². The predicted molar refractivity (Wildman–Crippen MR) is 80.4 cm³/mol. The number of amides is 1. The molecule has 0 radical (unpaired) electrons. The number of primary sulfonamides is 1. The number of carbonyl (C=O) groups is 3. The first-order chi connectivity index (χ1) is 10.8. The number of hydrogen-bond acceptors (Lipinski definition) is 6. The minimum absolute atomic E-state index is 0.00217. The zero-order valence-corrected chi connectivity index (χ0v) is 13.3. The number of nitrogens with zero attached hydrogens (tertiary/aromatic N) is 1. The highest BCUT2D eigenvalue weighted by Gasteiger charge is 2.36. The zero-order valence-electron chi connectivity index (χ0n) is 12.4. The van der Waals surface area contributed by atoms with Gasteiger partial charge in [-0.05, 0) is 31.5 Å². The van der Waals surface area contributed by atoms with Crippen molar-refractivity contribution in [1.82, 2.24) is 0 Å². The molecule has 1 amide bonds. The van der Waals surface area contributed by atoms with E-state index in [4.69, 9.17) is 9.88 Å². The maximum atomic E-state index is 12.0. The van der Waals surface area contributed by atoms with Crippen molar-refractivity contribution in [3.63, 3.8) is 0 Å². The van der Waals surface area contributed by atoms with Gasteiger partial charge in [-0.25, -0.2) is 13.6 Å². The second-order valence-electron chi connectivity index (χ2n) is 4.92. The predicted octanol–water partition coefficient (Wildman–Crippen LogP) is 0.207. The number of benzene rings is 1. The smallest absolute Gasteiger partial charge is 0.305 e. The Balaban J connectivity index is 2.18. The fourth-order valence-electron chi connectivity index (χ4n) is 2.29. The SMILES string of the molecule is CCOC(=O)CCCN1C(=O)C(=O)c2cc(S(N)(=O)=O)ccc21. The second kappa shape index (κ2) is 6.47. The molecule has 1 aromatic rings. The third-order valence-electron chi connectivity index (χ3n) is 3.34. The van der Waals surface area contributed by atoms with E-state index in [1.165, 1.54) is 17.0 Å². The van der Waals surface area contributed by atoms with E-state index in [1.54, 1.807) is 6.92 Å². The Bertz CT molecular complexity index is 771. The largest absolute Gasteiger partial charge is 0.466 e. The lowest BCUT2D eigenvalue weighted by molar-refractivity contribution is -0.143. The molecule has 1 heterocycles. The molecule has 1 aliphatic rings. The molecule has 0 aliphatic carbocycles. The maximum absolute atomic E-state index is 12.0. The number of ketones is 1. The van der Waals surface area contributed by atoms with Crippen molar-refractivity contribution in [1.29, 1.82) is 0 Å². The first-order valence-electron chi connectivity index (χ1n) is 6.94. The first kappa shape index (κ1) is 17.1. The van der Waals surface area contributed by atoms with E-state index < -0.39 is 21.7 Å². The highest BCUT2D eigenvalue weighted by atomic mass is 32.2. The summed E-state index contributed by atoms with van der Waals surface area (Å²) in [5.74, 6) is -1.92. The van der Waals surface area contributed by atoms with Crippen molar-refractivity contribution in [2.24, 2.45) is 5.14 Å². The van der Waals surface area contributed by atoms with Gasteiger partial charge in [-0.3, -0.25) is 14.4 Å². The van der Waals surface area contributed by atoms with E-state index in [2.05, 4.69) is 0 Å². The Morgan fingerprint density at radius 3 is 2.61 bits per heavy atom. The highest BCUT2D eigenvalue weighted by molar-refractivity contribution is 7.89. The van der Waals surface area contributed by atoms with Crippen molar-refractivity contribution < 1.29 is 27.5 Å². The van der Waals surface area contributed by atoms with E-state index in [-0.39, 0.29) is 36.0 Å². The maximum Gasteiger partial charge on any atom is 0.305 e. The number of fused-ring (bicyclic) bond motifs is 1. The van der Waals surface area contributed by atoms with Crippen LogP contribution in [0.15, 0.2) is 23.1 Å². The van der Waals surface area contributed by atoms with Gasteiger partial charge in [0.15, 0.2) is 0 Å². The summed E-state index contributed by atoms with van der Waals surface area (Å²) in [5.41, 5.74) is 0.314. The Morgan fingerprint density at radius 2 is 2.00 bits per heavy atom. The summed E-state index contributed by atoms with van der Waals surface area (Å²) >= 11 is 0. The molecule has 0 unspecified atom stereocenters. The lowest BCUT2D eigenvalue weighted by Crippen LogP contribution is -2.31. The van der Waals surface area contributed by atoms with Gasteiger partial charge >= 0.3 is 5.97 Å². The zero-order chi connectivity index (χ0) is 17.2. The Hall–Kier alpha value is -2.26. The van der Waals surface area contributed by atoms with E-state index >= 15 is 0 Å². The molecular formula is C14H16N2O6S. The van der Waals surface area contributed by atoms with Gasteiger partial charge in [-0.15, -0.1) is 0 Å². The van der Waals surface area contributed by atoms with Crippen LogP contribution in [-0.4, -0.2) is 39.2 Å². The molecule has 0 saturated carbocycles. The Kier molecular flexibility index (Phi) is 4.81. The normalized spacial score (nSPS) is 14.1.